The third-order valence-corrected chi connectivity index (χ3v) is 4.43. The van der Waals surface area contributed by atoms with Crippen LogP contribution in [-0.2, 0) is 0 Å². The third kappa shape index (κ3) is 2.09. The fraction of sp³-hybridized carbons (Fsp3) is 0.500. The minimum atomic E-state index is -0.210. The molecule has 0 bridgehead atoms. The number of amides is 2. The molecule has 1 N–H and O–H groups in total. The fourth-order valence-electron chi connectivity index (χ4n) is 3.25. The summed E-state index contributed by atoms with van der Waals surface area (Å²) in [5.41, 5.74) is 2.35. The van der Waals surface area contributed by atoms with E-state index in [2.05, 4.69) is 19.2 Å². The number of carbonyl (C=O) groups is 2. The lowest BCUT2D eigenvalue weighted by molar-refractivity contribution is 0.0693. The number of fused-ring (bicyclic) bond motifs is 1. The number of imide groups is 1. The molecule has 1 unspecified atom stereocenters. The zero-order valence-electron chi connectivity index (χ0n) is 12.2. The van der Waals surface area contributed by atoms with Gasteiger partial charge in [-0.3, -0.25) is 14.5 Å². The van der Waals surface area contributed by atoms with Crippen LogP contribution in [0.15, 0.2) is 18.2 Å². The van der Waals surface area contributed by atoms with Crippen LogP contribution < -0.4 is 5.32 Å². The van der Waals surface area contributed by atoms with Gasteiger partial charge in [0.1, 0.15) is 0 Å². The number of nitrogens with one attached hydrogen (secondary N) is 1. The minimum Gasteiger partial charge on any atom is -0.382 e. The molecule has 1 aliphatic carbocycles. The summed E-state index contributed by atoms with van der Waals surface area (Å²) in [5.74, 6) is -0.418. The van der Waals surface area contributed by atoms with Gasteiger partial charge in [0.25, 0.3) is 11.8 Å². The Balaban J connectivity index is 1.81. The molecule has 1 aromatic rings. The Bertz CT molecular complexity index is 592. The molecule has 0 aromatic heterocycles. The number of carbonyl (C=O) groups excluding carboxylic acids is 2. The van der Waals surface area contributed by atoms with Crippen molar-refractivity contribution in [3.63, 3.8) is 0 Å². The van der Waals surface area contributed by atoms with E-state index in [1.165, 1.54) is 18.4 Å². The van der Waals surface area contributed by atoms with Crippen LogP contribution in [0.25, 0.3) is 0 Å². The number of benzene rings is 1. The van der Waals surface area contributed by atoms with Gasteiger partial charge in [0.05, 0.1) is 11.1 Å². The lowest BCUT2D eigenvalue weighted by atomic mass is 9.92. The van der Waals surface area contributed by atoms with Crippen molar-refractivity contribution in [1.29, 1.82) is 0 Å². The highest BCUT2D eigenvalue weighted by Gasteiger charge is 2.34. The second kappa shape index (κ2) is 4.33. The van der Waals surface area contributed by atoms with Crippen molar-refractivity contribution >= 4 is 17.5 Å². The van der Waals surface area contributed by atoms with Gasteiger partial charge < -0.3 is 5.32 Å². The van der Waals surface area contributed by atoms with E-state index in [9.17, 15) is 9.59 Å². The van der Waals surface area contributed by atoms with Crippen LogP contribution >= 0.6 is 0 Å². The lowest BCUT2D eigenvalue weighted by Gasteiger charge is -2.18. The molecule has 4 nitrogen and oxygen atoms in total. The van der Waals surface area contributed by atoms with Gasteiger partial charge in [0.2, 0.25) is 0 Å². The van der Waals surface area contributed by atoms with Crippen molar-refractivity contribution in [2.75, 3.05) is 12.4 Å². The average Bonchev–Trinajstić information content (AvgIpc) is 2.84. The van der Waals surface area contributed by atoms with Crippen molar-refractivity contribution in [2.24, 2.45) is 5.41 Å². The molecule has 2 aliphatic rings. The molecule has 0 spiro atoms. The summed E-state index contributed by atoms with van der Waals surface area (Å²) in [6.45, 7) is 4.57. The van der Waals surface area contributed by atoms with Crippen molar-refractivity contribution in [1.82, 2.24) is 4.90 Å². The van der Waals surface area contributed by atoms with E-state index in [1.807, 2.05) is 12.1 Å². The van der Waals surface area contributed by atoms with Crippen LogP contribution in [0.5, 0.6) is 0 Å². The standard InChI is InChI=1S/C16H20N2O2/c1-16(2)7-6-11(9-16)17-10-4-5-12-13(8-10)15(20)18(3)14(12)19/h4-5,8,11,17H,6-7,9H2,1-3H3. The summed E-state index contributed by atoms with van der Waals surface area (Å²) in [5, 5.41) is 3.49. The fourth-order valence-corrected chi connectivity index (χ4v) is 3.25. The third-order valence-electron chi connectivity index (χ3n) is 4.43. The molecule has 0 radical (unpaired) electrons. The molecule has 1 fully saturated rings. The molecule has 0 saturated heterocycles. The predicted octanol–water partition coefficient (Wildman–Crippen LogP) is 2.90. The number of rotatable bonds is 2. The van der Waals surface area contributed by atoms with Crippen LogP contribution in [-0.4, -0.2) is 29.8 Å². The van der Waals surface area contributed by atoms with E-state index in [-0.39, 0.29) is 11.8 Å². The zero-order valence-corrected chi connectivity index (χ0v) is 12.2. The summed E-state index contributed by atoms with van der Waals surface area (Å²) in [6.07, 6.45) is 3.50. The van der Waals surface area contributed by atoms with E-state index in [0.29, 0.717) is 22.6 Å². The molecule has 20 heavy (non-hydrogen) atoms. The van der Waals surface area contributed by atoms with Gasteiger partial charge in [-0.1, -0.05) is 13.8 Å². The molecule has 106 valence electrons. The Morgan fingerprint density at radius 2 is 1.90 bits per heavy atom. The second-order valence-electron chi connectivity index (χ2n) is 6.68. The van der Waals surface area contributed by atoms with Crippen molar-refractivity contribution in [2.45, 2.75) is 39.2 Å². The Morgan fingerprint density at radius 3 is 2.55 bits per heavy atom. The van der Waals surface area contributed by atoms with E-state index in [1.54, 1.807) is 6.07 Å². The number of hydrogen-bond acceptors (Lipinski definition) is 3. The molecule has 3 rings (SSSR count). The first kappa shape index (κ1) is 13.2. The van der Waals surface area contributed by atoms with Crippen molar-refractivity contribution in [3.8, 4) is 0 Å². The largest absolute Gasteiger partial charge is 0.382 e. The van der Waals surface area contributed by atoms with Gasteiger partial charge in [-0.2, -0.15) is 0 Å². The summed E-state index contributed by atoms with van der Waals surface area (Å²) < 4.78 is 0. The average molecular weight is 272 g/mol. The monoisotopic (exact) mass is 272 g/mol. The highest BCUT2D eigenvalue weighted by Crippen LogP contribution is 2.38. The molecule has 1 aliphatic heterocycles. The quantitative estimate of drug-likeness (QED) is 0.842. The van der Waals surface area contributed by atoms with Crippen LogP contribution in [0, 0.1) is 5.41 Å². The minimum absolute atomic E-state index is 0.208. The summed E-state index contributed by atoms with van der Waals surface area (Å²) in [7, 11) is 1.53. The van der Waals surface area contributed by atoms with Crippen LogP contribution in [0.4, 0.5) is 5.69 Å². The van der Waals surface area contributed by atoms with Crippen molar-refractivity contribution in [3.05, 3.63) is 29.3 Å². The molecular formula is C16H20N2O2. The maximum Gasteiger partial charge on any atom is 0.261 e. The van der Waals surface area contributed by atoms with E-state index >= 15 is 0 Å². The highest BCUT2D eigenvalue weighted by molar-refractivity contribution is 6.21. The van der Waals surface area contributed by atoms with Gasteiger partial charge in [0.15, 0.2) is 0 Å². The van der Waals surface area contributed by atoms with Crippen LogP contribution in [0.2, 0.25) is 0 Å². The van der Waals surface area contributed by atoms with Crippen molar-refractivity contribution < 1.29 is 9.59 Å². The Kier molecular flexibility index (Phi) is 2.85. The highest BCUT2D eigenvalue weighted by atomic mass is 16.2. The van der Waals surface area contributed by atoms with E-state index < -0.39 is 0 Å². The summed E-state index contributed by atoms with van der Waals surface area (Å²) >= 11 is 0. The topological polar surface area (TPSA) is 49.4 Å². The maximum atomic E-state index is 12.0. The summed E-state index contributed by atoms with van der Waals surface area (Å²) in [4.78, 5) is 25.0. The molecule has 2 amide bonds. The lowest BCUT2D eigenvalue weighted by Crippen LogP contribution is -2.24. The first-order valence-electron chi connectivity index (χ1n) is 7.10. The molecule has 1 heterocycles. The molecule has 1 aromatic carbocycles. The van der Waals surface area contributed by atoms with Gasteiger partial charge in [-0.05, 0) is 42.9 Å². The molecule has 1 atom stereocenters. The van der Waals surface area contributed by atoms with Gasteiger partial charge in [-0.15, -0.1) is 0 Å². The number of nitrogens with zero attached hydrogens (tertiary/aromatic N) is 1. The van der Waals surface area contributed by atoms with Crippen LogP contribution in [0.1, 0.15) is 53.8 Å². The number of hydrogen-bond donors (Lipinski definition) is 1. The van der Waals surface area contributed by atoms with E-state index in [0.717, 1.165) is 18.5 Å². The maximum absolute atomic E-state index is 12.0. The molecule has 1 saturated carbocycles. The zero-order chi connectivity index (χ0) is 14.5. The predicted molar refractivity (Wildman–Crippen MR) is 77.9 cm³/mol. The molecule has 4 heteroatoms. The smallest absolute Gasteiger partial charge is 0.261 e. The second-order valence-corrected chi connectivity index (χ2v) is 6.68. The normalized spacial score (nSPS) is 24.1. The first-order valence-corrected chi connectivity index (χ1v) is 7.10. The Hall–Kier alpha value is -1.84. The van der Waals surface area contributed by atoms with Gasteiger partial charge in [-0.25, -0.2) is 0 Å². The Morgan fingerprint density at radius 1 is 1.20 bits per heavy atom. The Labute approximate surface area is 119 Å². The van der Waals surface area contributed by atoms with Gasteiger partial charge >= 0.3 is 0 Å². The first-order chi connectivity index (χ1) is 9.37. The van der Waals surface area contributed by atoms with E-state index in [4.69, 9.17) is 0 Å². The van der Waals surface area contributed by atoms with Crippen LogP contribution in [0.3, 0.4) is 0 Å². The number of anilines is 1. The summed E-state index contributed by atoms with van der Waals surface area (Å²) in [6, 6.07) is 5.91. The molecular weight excluding hydrogens is 252 g/mol. The SMILES string of the molecule is CN1C(=O)c2ccc(NC3CCC(C)(C)C3)cc2C1=O. The van der Waals surface area contributed by atoms with Gasteiger partial charge in [0, 0.05) is 18.8 Å².